The second-order valence-corrected chi connectivity index (χ2v) is 7.65. The average molecular weight is 387 g/mol. The predicted molar refractivity (Wildman–Crippen MR) is 104 cm³/mol. The quantitative estimate of drug-likeness (QED) is 0.782. The Morgan fingerprint density at radius 2 is 2.14 bits per heavy atom. The number of fused-ring (bicyclic) bond motifs is 4. The van der Waals surface area contributed by atoms with Gasteiger partial charge in [-0.2, -0.15) is 0 Å². The first-order chi connectivity index (χ1) is 13.5. The van der Waals surface area contributed by atoms with Gasteiger partial charge >= 0.3 is 5.97 Å². The number of methoxy groups -OCH3 is 1. The molecule has 28 heavy (non-hydrogen) atoms. The molecule has 2 aromatic rings. The lowest BCUT2D eigenvalue weighted by Gasteiger charge is -2.30. The fourth-order valence-corrected chi connectivity index (χ4v) is 4.23. The highest BCUT2D eigenvalue weighted by atomic mass is 16.5. The van der Waals surface area contributed by atoms with E-state index in [1.807, 2.05) is 29.2 Å². The molecule has 150 valence electrons. The summed E-state index contributed by atoms with van der Waals surface area (Å²) in [6, 6.07) is 7.56. The molecule has 2 saturated heterocycles. The fourth-order valence-electron chi connectivity index (χ4n) is 4.23. The van der Waals surface area contributed by atoms with Gasteiger partial charge in [-0.1, -0.05) is 0 Å². The van der Waals surface area contributed by atoms with Crippen molar-refractivity contribution in [3.8, 4) is 5.75 Å². The van der Waals surface area contributed by atoms with E-state index in [2.05, 4.69) is 9.88 Å². The molecule has 0 radical (unpaired) electrons. The minimum Gasteiger partial charge on any atom is -0.497 e. The Bertz CT molecular complexity index is 928. The van der Waals surface area contributed by atoms with Crippen LogP contribution in [-0.4, -0.2) is 78.4 Å². The number of aromatic nitrogens is 1. The molecule has 2 aliphatic heterocycles. The molecular weight excluding hydrogens is 362 g/mol. The van der Waals surface area contributed by atoms with Crippen molar-refractivity contribution in [2.24, 2.45) is 5.92 Å². The summed E-state index contributed by atoms with van der Waals surface area (Å²) in [6.45, 7) is 3.83. The van der Waals surface area contributed by atoms with Crippen LogP contribution >= 0.6 is 0 Å². The molecule has 0 aliphatic carbocycles. The minimum atomic E-state index is -0.813. The highest BCUT2D eigenvalue weighted by molar-refractivity contribution is 5.80. The van der Waals surface area contributed by atoms with Crippen LogP contribution in [0.15, 0.2) is 29.1 Å². The van der Waals surface area contributed by atoms with Crippen LogP contribution in [0.5, 0.6) is 5.75 Å². The van der Waals surface area contributed by atoms with Crippen molar-refractivity contribution in [2.45, 2.75) is 12.6 Å². The van der Waals surface area contributed by atoms with E-state index >= 15 is 0 Å². The number of hydrogen-bond acceptors (Lipinski definition) is 6. The fraction of sp³-hybridized carbons (Fsp3) is 0.500. The molecule has 2 fully saturated rings. The first-order valence-electron chi connectivity index (χ1n) is 9.47. The normalized spacial score (nSPS) is 23.5. The van der Waals surface area contributed by atoms with Crippen LogP contribution < -0.4 is 10.3 Å². The van der Waals surface area contributed by atoms with Crippen LogP contribution in [0.3, 0.4) is 0 Å². The summed E-state index contributed by atoms with van der Waals surface area (Å²) in [5.74, 6) is 0.160. The number of nitrogens with zero attached hydrogens (tertiary/aromatic N) is 2. The molecule has 0 unspecified atom stereocenters. The van der Waals surface area contributed by atoms with Crippen molar-refractivity contribution < 1.29 is 19.4 Å². The lowest BCUT2D eigenvalue weighted by Crippen LogP contribution is -2.45. The summed E-state index contributed by atoms with van der Waals surface area (Å²) in [6.07, 6.45) is 0. The first kappa shape index (κ1) is 18.9. The zero-order chi connectivity index (χ0) is 19.7. The molecule has 0 spiro atoms. The maximum absolute atomic E-state index is 12.6. The molecular formula is C20H25N3O5. The highest BCUT2D eigenvalue weighted by Crippen LogP contribution is 2.23. The number of aromatic amines is 1. The molecule has 0 amide bonds. The van der Waals surface area contributed by atoms with Gasteiger partial charge in [-0.3, -0.25) is 19.4 Å². The number of aliphatic carboxylic acids is 1. The summed E-state index contributed by atoms with van der Waals surface area (Å²) in [4.78, 5) is 31.0. The molecule has 2 N–H and O–H groups in total. The smallest absolute Gasteiger partial charge is 0.317 e. The number of hydrogen-bond donors (Lipinski definition) is 2. The number of ether oxygens (including phenoxy) is 2. The van der Waals surface area contributed by atoms with E-state index < -0.39 is 5.97 Å². The third kappa shape index (κ3) is 4.04. The largest absolute Gasteiger partial charge is 0.497 e. The third-order valence-electron chi connectivity index (χ3n) is 5.52. The van der Waals surface area contributed by atoms with Crippen LogP contribution in [0, 0.1) is 5.92 Å². The molecule has 8 heteroatoms. The minimum absolute atomic E-state index is 0.0389. The van der Waals surface area contributed by atoms with Gasteiger partial charge in [-0.25, -0.2) is 0 Å². The third-order valence-corrected chi connectivity index (χ3v) is 5.52. The summed E-state index contributed by atoms with van der Waals surface area (Å²) in [5, 5.41) is 10.1. The Balaban J connectivity index is 1.60. The average Bonchev–Trinajstić information content (AvgIpc) is 2.91. The second-order valence-electron chi connectivity index (χ2n) is 7.65. The number of carbonyl (C=O) groups is 1. The molecule has 2 bridgehead atoms. The Hall–Kier alpha value is -2.42. The summed E-state index contributed by atoms with van der Waals surface area (Å²) in [7, 11) is 1.62. The Morgan fingerprint density at radius 3 is 2.93 bits per heavy atom. The zero-order valence-electron chi connectivity index (χ0n) is 15.9. The molecule has 2 atom stereocenters. The Labute approximate surface area is 162 Å². The van der Waals surface area contributed by atoms with Crippen molar-refractivity contribution in [1.82, 2.24) is 14.8 Å². The number of benzene rings is 1. The van der Waals surface area contributed by atoms with E-state index in [0.29, 0.717) is 38.4 Å². The number of carboxylic acids is 1. The van der Waals surface area contributed by atoms with Gasteiger partial charge in [0.15, 0.2) is 0 Å². The van der Waals surface area contributed by atoms with Gasteiger partial charge in [-0.15, -0.1) is 0 Å². The molecule has 4 rings (SSSR count). The molecule has 1 aromatic heterocycles. The van der Waals surface area contributed by atoms with Crippen molar-refractivity contribution in [1.29, 1.82) is 0 Å². The Morgan fingerprint density at radius 1 is 1.29 bits per heavy atom. The maximum atomic E-state index is 12.6. The summed E-state index contributed by atoms with van der Waals surface area (Å²) in [5.41, 5.74) is 1.37. The van der Waals surface area contributed by atoms with Crippen molar-refractivity contribution in [3.63, 3.8) is 0 Å². The van der Waals surface area contributed by atoms with Crippen molar-refractivity contribution in [3.05, 3.63) is 40.2 Å². The van der Waals surface area contributed by atoms with E-state index in [9.17, 15) is 9.59 Å². The molecule has 3 heterocycles. The topological polar surface area (TPSA) is 95.1 Å². The number of pyridine rings is 1. The van der Waals surface area contributed by atoms with E-state index in [1.165, 1.54) is 0 Å². The lowest BCUT2D eigenvalue weighted by atomic mass is 10.1. The monoisotopic (exact) mass is 387 g/mol. The van der Waals surface area contributed by atoms with Crippen LogP contribution in [0.2, 0.25) is 0 Å². The van der Waals surface area contributed by atoms with E-state index in [0.717, 1.165) is 23.2 Å². The SMILES string of the molecule is COc1ccc2[nH]c(=O)c(CN3C[C@H]4COC[C@@H]3CN(CC(=O)O)C4)cc2c1. The molecule has 2 aliphatic rings. The number of H-pyrrole nitrogens is 1. The first-order valence-corrected chi connectivity index (χ1v) is 9.47. The van der Waals surface area contributed by atoms with Crippen molar-refractivity contribution in [2.75, 3.05) is 46.5 Å². The standard InChI is InChI=1S/C20H25N3O5/c1-27-17-2-3-18-14(5-17)4-15(20(26)21-18)8-23-7-13-6-22(10-19(24)25)9-16(23)12-28-11-13/h2-5,13,16H,6-12H2,1H3,(H,21,26)(H,24,25)/t13-,16-/m0/s1. The predicted octanol–water partition coefficient (Wildman–Crippen LogP) is 0.754. The van der Waals surface area contributed by atoms with E-state index in [-0.39, 0.29) is 24.1 Å². The van der Waals surface area contributed by atoms with Gasteiger partial charge in [0, 0.05) is 54.6 Å². The van der Waals surface area contributed by atoms with E-state index in [4.69, 9.17) is 14.6 Å². The maximum Gasteiger partial charge on any atom is 0.317 e. The lowest BCUT2D eigenvalue weighted by molar-refractivity contribution is -0.138. The van der Waals surface area contributed by atoms with Crippen molar-refractivity contribution >= 4 is 16.9 Å². The van der Waals surface area contributed by atoms with Gasteiger partial charge in [0.05, 0.1) is 26.9 Å². The van der Waals surface area contributed by atoms with Gasteiger partial charge in [0.2, 0.25) is 0 Å². The second kappa shape index (κ2) is 7.90. The number of carboxylic acid groups (broad SMARTS) is 1. The van der Waals surface area contributed by atoms with Crippen LogP contribution in [0.4, 0.5) is 0 Å². The Kier molecular flexibility index (Phi) is 5.34. The number of nitrogens with one attached hydrogen (secondary N) is 1. The summed E-state index contributed by atoms with van der Waals surface area (Å²) < 4.78 is 11.1. The highest BCUT2D eigenvalue weighted by Gasteiger charge is 2.34. The van der Waals surface area contributed by atoms with Gasteiger partial charge < -0.3 is 19.6 Å². The van der Waals surface area contributed by atoms with Crippen LogP contribution in [0.25, 0.3) is 10.9 Å². The van der Waals surface area contributed by atoms with Crippen LogP contribution in [0.1, 0.15) is 5.56 Å². The molecule has 1 aromatic carbocycles. The van der Waals surface area contributed by atoms with Gasteiger partial charge in [0.25, 0.3) is 5.56 Å². The van der Waals surface area contributed by atoms with E-state index in [1.54, 1.807) is 7.11 Å². The van der Waals surface area contributed by atoms with Gasteiger partial charge in [-0.05, 0) is 24.3 Å². The molecule has 8 nitrogen and oxygen atoms in total. The van der Waals surface area contributed by atoms with Crippen LogP contribution in [-0.2, 0) is 16.1 Å². The zero-order valence-corrected chi connectivity index (χ0v) is 15.9. The van der Waals surface area contributed by atoms with Gasteiger partial charge in [0.1, 0.15) is 5.75 Å². The number of rotatable bonds is 5. The molecule has 0 saturated carbocycles. The summed E-state index contributed by atoms with van der Waals surface area (Å²) >= 11 is 0.